The Morgan fingerprint density at radius 3 is 2.32 bits per heavy atom. The van der Waals surface area contributed by atoms with Crippen LogP contribution in [0.2, 0.25) is 0 Å². The smallest absolute Gasteiger partial charge is 0.319 e. The third kappa shape index (κ3) is 4.90. The molecule has 0 bridgehead atoms. The van der Waals surface area contributed by atoms with Gasteiger partial charge in [-0.3, -0.25) is 0 Å². The molecule has 0 aliphatic rings. The lowest BCUT2D eigenvalue weighted by Crippen LogP contribution is -2.32. The number of carbonyl (C=O) groups excluding carboxylic acids is 1. The lowest BCUT2D eigenvalue weighted by atomic mass is 10.3. The summed E-state index contributed by atoms with van der Waals surface area (Å²) in [6.07, 6.45) is 0. The van der Waals surface area contributed by atoms with Crippen LogP contribution in [-0.2, 0) is 0 Å². The molecule has 0 radical (unpaired) electrons. The van der Waals surface area contributed by atoms with Crippen LogP contribution in [0.5, 0.6) is 11.5 Å². The van der Waals surface area contributed by atoms with Crippen LogP contribution in [0.15, 0.2) is 48.5 Å². The van der Waals surface area contributed by atoms with Crippen LogP contribution in [0.4, 0.5) is 16.2 Å². The van der Waals surface area contributed by atoms with E-state index in [1.807, 2.05) is 24.3 Å². The zero-order valence-electron chi connectivity index (χ0n) is 12.3. The van der Waals surface area contributed by atoms with Crippen molar-refractivity contribution < 1.29 is 14.3 Å². The topological polar surface area (TPSA) is 85.6 Å². The van der Waals surface area contributed by atoms with Crippen LogP contribution in [0.1, 0.15) is 0 Å². The van der Waals surface area contributed by atoms with E-state index in [1.54, 1.807) is 31.4 Å². The number of carbonyl (C=O) groups is 1. The third-order valence-electron chi connectivity index (χ3n) is 2.88. The summed E-state index contributed by atoms with van der Waals surface area (Å²) >= 11 is 0. The maximum Gasteiger partial charge on any atom is 0.319 e. The van der Waals surface area contributed by atoms with Crippen LogP contribution in [-0.4, -0.2) is 26.3 Å². The molecule has 0 saturated carbocycles. The molecular weight excluding hydrogens is 282 g/mol. The zero-order valence-corrected chi connectivity index (χ0v) is 12.3. The molecule has 0 heterocycles. The minimum Gasteiger partial charge on any atom is -0.497 e. The van der Waals surface area contributed by atoms with E-state index in [4.69, 9.17) is 15.2 Å². The Balaban J connectivity index is 1.67. The molecule has 2 aromatic rings. The van der Waals surface area contributed by atoms with Crippen molar-refractivity contribution in [3.63, 3.8) is 0 Å². The fourth-order valence-corrected chi connectivity index (χ4v) is 1.75. The number of methoxy groups -OCH3 is 1. The molecule has 2 aromatic carbocycles. The zero-order chi connectivity index (χ0) is 15.8. The highest BCUT2D eigenvalue weighted by Gasteiger charge is 2.01. The van der Waals surface area contributed by atoms with Crippen LogP contribution in [0.25, 0.3) is 0 Å². The summed E-state index contributed by atoms with van der Waals surface area (Å²) in [6.45, 7) is 0.772. The van der Waals surface area contributed by atoms with E-state index in [-0.39, 0.29) is 6.03 Å². The number of amides is 2. The number of ether oxygens (including phenoxy) is 2. The maximum atomic E-state index is 11.7. The molecule has 22 heavy (non-hydrogen) atoms. The van der Waals surface area contributed by atoms with Gasteiger partial charge < -0.3 is 25.8 Å². The van der Waals surface area contributed by atoms with E-state index >= 15 is 0 Å². The molecule has 116 valence electrons. The molecule has 0 aromatic heterocycles. The average Bonchev–Trinajstić information content (AvgIpc) is 2.54. The van der Waals surface area contributed by atoms with E-state index < -0.39 is 0 Å². The van der Waals surface area contributed by atoms with Crippen molar-refractivity contribution in [1.82, 2.24) is 5.32 Å². The Bertz CT molecular complexity index is 597. The van der Waals surface area contributed by atoms with Crippen LogP contribution >= 0.6 is 0 Å². The number of nitrogens with two attached hydrogens (primary N) is 1. The quantitative estimate of drug-likeness (QED) is 0.565. The van der Waals surface area contributed by atoms with Crippen LogP contribution in [0.3, 0.4) is 0 Å². The number of hydrogen-bond acceptors (Lipinski definition) is 4. The summed E-state index contributed by atoms with van der Waals surface area (Å²) in [4.78, 5) is 11.7. The Hall–Kier alpha value is -2.89. The molecule has 0 fully saturated rings. The second-order valence-electron chi connectivity index (χ2n) is 4.53. The van der Waals surface area contributed by atoms with Gasteiger partial charge in [-0.15, -0.1) is 0 Å². The second kappa shape index (κ2) is 7.78. The van der Waals surface area contributed by atoms with Crippen molar-refractivity contribution in [1.29, 1.82) is 0 Å². The standard InChI is InChI=1S/C16H19N3O3/c1-21-14-6-8-15(9-7-14)22-11-10-18-16(20)19-13-4-2-12(17)3-5-13/h2-9H,10-11,17H2,1H3,(H2,18,19,20). The van der Waals surface area contributed by atoms with Gasteiger partial charge in [-0.25, -0.2) is 4.79 Å². The van der Waals surface area contributed by atoms with Gasteiger partial charge in [0.15, 0.2) is 0 Å². The third-order valence-corrected chi connectivity index (χ3v) is 2.88. The molecule has 0 aliphatic carbocycles. The van der Waals surface area contributed by atoms with Gasteiger partial charge in [-0.05, 0) is 48.5 Å². The largest absolute Gasteiger partial charge is 0.497 e. The van der Waals surface area contributed by atoms with E-state index in [2.05, 4.69) is 10.6 Å². The lowest BCUT2D eigenvalue weighted by molar-refractivity contribution is 0.247. The molecule has 4 N–H and O–H groups in total. The number of nitrogen functional groups attached to an aromatic ring is 1. The predicted octanol–water partition coefficient (Wildman–Crippen LogP) is 2.48. The fraction of sp³-hybridized carbons (Fsp3) is 0.188. The Labute approximate surface area is 129 Å². The molecule has 0 spiro atoms. The molecule has 0 unspecified atom stereocenters. The number of nitrogens with one attached hydrogen (secondary N) is 2. The second-order valence-corrected chi connectivity index (χ2v) is 4.53. The fourth-order valence-electron chi connectivity index (χ4n) is 1.75. The van der Waals surface area contributed by atoms with E-state index in [0.29, 0.717) is 24.5 Å². The van der Waals surface area contributed by atoms with Gasteiger partial charge in [0, 0.05) is 11.4 Å². The Morgan fingerprint density at radius 1 is 1.05 bits per heavy atom. The van der Waals surface area contributed by atoms with Crippen molar-refractivity contribution in [3.05, 3.63) is 48.5 Å². The summed E-state index contributed by atoms with van der Waals surface area (Å²) in [5.74, 6) is 1.50. The first-order chi connectivity index (χ1) is 10.7. The molecule has 6 nitrogen and oxygen atoms in total. The van der Waals surface area contributed by atoms with Crippen molar-refractivity contribution >= 4 is 17.4 Å². The van der Waals surface area contributed by atoms with Crippen LogP contribution in [0, 0.1) is 0 Å². The first-order valence-electron chi connectivity index (χ1n) is 6.84. The summed E-state index contributed by atoms with van der Waals surface area (Å²) in [7, 11) is 1.61. The molecule has 6 heteroatoms. The number of benzene rings is 2. The van der Waals surface area contributed by atoms with Gasteiger partial charge in [0.05, 0.1) is 13.7 Å². The van der Waals surface area contributed by atoms with E-state index in [9.17, 15) is 4.79 Å². The molecule has 0 atom stereocenters. The summed E-state index contributed by atoms with van der Waals surface area (Å²) < 4.78 is 10.6. The molecule has 0 saturated heterocycles. The average molecular weight is 301 g/mol. The predicted molar refractivity (Wildman–Crippen MR) is 86.4 cm³/mol. The Morgan fingerprint density at radius 2 is 1.68 bits per heavy atom. The van der Waals surface area contributed by atoms with Crippen molar-refractivity contribution in [2.45, 2.75) is 0 Å². The number of anilines is 2. The van der Waals surface area contributed by atoms with Gasteiger partial charge >= 0.3 is 6.03 Å². The maximum absolute atomic E-state index is 11.7. The summed E-state index contributed by atoms with van der Waals surface area (Å²) in [6, 6.07) is 13.9. The highest BCUT2D eigenvalue weighted by Crippen LogP contribution is 2.16. The monoisotopic (exact) mass is 301 g/mol. The minimum atomic E-state index is -0.289. The number of urea groups is 1. The van der Waals surface area contributed by atoms with E-state index in [0.717, 1.165) is 11.5 Å². The first kappa shape index (κ1) is 15.5. The Kier molecular flexibility index (Phi) is 5.48. The lowest BCUT2D eigenvalue weighted by Gasteiger charge is -2.09. The molecular formula is C16H19N3O3. The first-order valence-corrected chi connectivity index (χ1v) is 6.84. The molecule has 0 aliphatic heterocycles. The normalized spacial score (nSPS) is 9.86. The van der Waals surface area contributed by atoms with Gasteiger partial charge in [-0.2, -0.15) is 0 Å². The summed E-state index contributed by atoms with van der Waals surface area (Å²) in [5, 5.41) is 5.41. The van der Waals surface area contributed by atoms with Gasteiger partial charge in [-0.1, -0.05) is 0 Å². The molecule has 2 amide bonds. The highest BCUT2D eigenvalue weighted by atomic mass is 16.5. The number of hydrogen-bond donors (Lipinski definition) is 3. The molecule has 2 rings (SSSR count). The van der Waals surface area contributed by atoms with Crippen molar-refractivity contribution in [2.75, 3.05) is 31.3 Å². The van der Waals surface area contributed by atoms with Crippen molar-refractivity contribution in [2.24, 2.45) is 0 Å². The van der Waals surface area contributed by atoms with Gasteiger partial charge in [0.25, 0.3) is 0 Å². The van der Waals surface area contributed by atoms with Gasteiger partial charge in [0.2, 0.25) is 0 Å². The SMILES string of the molecule is COc1ccc(OCCNC(=O)Nc2ccc(N)cc2)cc1. The minimum absolute atomic E-state index is 0.289. The highest BCUT2D eigenvalue weighted by molar-refractivity contribution is 5.89. The van der Waals surface area contributed by atoms with Crippen LogP contribution < -0.4 is 25.8 Å². The van der Waals surface area contributed by atoms with Gasteiger partial charge in [0.1, 0.15) is 18.1 Å². The number of rotatable bonds is 6. The summed E-state index contributed by atoms with van der Waals surface area (Å²) in [5.41, 5.74) is 6.91. The van der Waals surface area contributed by atoms with Crippen molar-refractivity contribution in [3.8, 4) is 11.5 Å². The van der Waals surface area contributed by atoms with E-state index in [1.165, 1.54) is 0 Å².